The molecule has 1 fully saturated rings. The summed E-state index contributed by atoms with van der Waals surface area (Å²) in [6, 6.07) is 4.03. The number of aromatic nitrogens is 1. The lowest BCUT2D eigenvalue weighted by molar-refractivity contribution is 0.148. The maximum atomic E-state index is 5.94. The predicted molar refractivity (Wildman–Crippen MR) is 90.2 cm³/mol. The second kappa shape index (κ2) is 9.28. The molecule has 0 radical (unpaired) electrons. The molecule has 0 unspecified atom stereocenters. The molecule has 5 heteroatoms. The summed E-state index contributed by atoms with van der Waals surface area (Å²) in [6.07, 6.45) is 9.50. The highest BCUT2D eigenvalue weighted by Crippen LogP contribution is 2.22. The summed E-state index contributed by atoms with van der Waals surface area (Å²) in [5.74, 6) is 1.56. The number of hydrogen-bond acceptors (Lipinski definition) is 3. The number of rotatable bonds is 6. The van der Waals surface area contributed by atoms with Gasteiger partial charge in [-0.15, -0.1) is 0 Å². The lowest BCUT2D eigenvalue weighted by Gasteiger charge is -2.22. The van der Waals surface area contributed by atoms with E-state index >= 15 is 0 Å². The highest BCUT2D eigenvalue weighted by molar-refractivity contribution is 5.79. The topological polar surface area (TPSA) is 58.5 Å². The second-order valence-electron chi connectivity index (χ2n) is 5.74. The van der Waals surface area contributed by atoms with E-state index in [0.717, 1.165) is 43.2 Å². The Kier molecular flexibility index (Phi) is 7.00. The first-order valence-electron chi connectivity index (χ1n) is 8.38. The minimum absolute atomic E-state index is 0.349. The Hall–Kier alpha value is -1.78. The van der Waals surface area contributed by atoms with Crippen molar-refractivity contribution in [1.82, 2.24) is 15.6 Å². The summed E-state index contributed by atoms with van der Waals surface area (Å²) in [4.78, 5) is 8.60. The zero-order chi connectivity index (χ0) is 15.6. The number of pyridine rings is 1. The molecule has 22 heavy (non-hydrogen) atoms. The molecule has 0 aliphatic heterocycles. The second-order valence-corrected chi connectivity index (χ2v) is 5.74. The molecule has 1 aliphatic rings. The van der Waals surface area contributed by atoms with Gasteiger partial charge < -0.3 is 15.4 Å². The van der Waals surface area contributed by atoms with Crippen LogP contribution in [0.4, 0.5) is 0 Å². The number of nitrogens with one attached hydrogen (secondary N) is 2. The summed E-state index contributed by atoms with van der Waals surface area (Å²) in [6.45, 7) is 3.77. The van der Waals surface area contributed by atoms with Crippen LogP contribution in [0.3, 0.4) is 0 Å². The van der Waals surface area contributed by atoms with Crippen molar-refractivity contribution < 1.29 is 4.74 Å². The zero-order valence-corrected chi connectivity index (χ0v) is 13.8. The molecule has 1 saturated carbocycles. The maximum absolute atomic E-state index is 5.94. The summed E-state index contributed by atoms with van der Waals surface area (Å²) < 4.78 is 5.94. The zero-order valence-electron chi connectivity index (χ0n) is 13.8. The Morgan fingerprint density at radius 3 is 2.73 bits per heavy atom. The van der Waals surface area contributed by atoms with Crippen molar-refractivity contribution in [2.45, 2.75) is 58.1 Å². The van der Waals surface area contributed by atoms with Crippen LogP contribution in [0.1, 0.15) is 51.0 Å². The first-order valence-corrected chi connectivity index (χ1v) is 8.38. The van der Waals surface area contributed by atoms with E-state index in [1.165, 1.54) is 19.3 Å². The molecule has 1 aromatic heterocycles. The Balaban J connectivity index is 1.78. The lowest BCUT2D eigenvalue weighted by atomic mass is 9.98. The number of ether oxygens (including phenoxy) is 1. The quantitative estimate of drug-likeness (QED) is 0.627. The van der Waals surface area contributed by atoms with E-state index in [2.05, 4.69) is 33.6 Å². The van der Waals surface area contributed by atoms with Crippen molar-refractivity contribution in [1.29, 1.82) is 0 Å². The van der Waals surface area contributed by atoms with E-state index in [-0.39, 0.29) is 0 Å². The molecule has 0 spiro atoms. The van der Waals surface area contributed by atoms with Crippen LogP contribution in [0, 0.1) is 0 Å². The van der Waals surface area contributed by atoms with Gasteiger partial charge >= 0.3 is 0 Å². The third-order valence-electron chi connectivity index (χ3n) is 3.86. The van der Waals surface area contributed by atoms with Gasteiger partial charge in [0.15, 0.2) is 5.96 Å². The smallest absolute Gasteiger partial charge is 0.213 e. The molecular formula is C17H28N4O. The molecule has 2 rings (SSSR count). The van der Waals surface area contributed by atoms with Crippen molar-refractivity contribution in [3.63, 3.8) is 0 Å². The monoisotopic (exact) mass is 304 g/mol. The van der Waals surface area contributed by atoms with E-state index in [1.807, 2.05) is 12.3 Å². The van der Waals surface area contributed by atoms with Gasteiger partial charge in [-0.3, -0.25) is 4.99 Å². The molecule has 1 heterocycles. The summed E-state index contributed by atoms with van der Waals surface area (Å²) in [7, 11) is 1.78. The lowest BCUT2D eigenvalue weighted by Crippen LogP contribution is -2.37. The Bertz CT molecular complexity index is 452. The third-order valence-corrected chi connectivity index (χ3v) is 3.86. The molecular weight excluding hydrogens is 276 g/mol. The van der Waals surface area contributed by atoms with Gasteiger partial charge in [0.25, 0.3) is 0 Å². The van der Waals surface area contributed by atoms with E-state index in [1.54, 1.807) is 7.05 Å². The van der Waals surface area contributed by atoms with E-state index in [0.29, 0.717) is 12.6 Å². The van der Waals surface area contributed by atoms with Crippen molar-refractivity contribution in [2.24, 2.45) is 4.99 Å². The Labute approximate surface area is 133 Å². The van der Waals surface area contributed by atoms with Gasteiger partial charge in [0.2, 0.25) is 5.88 Å². The van der Waals surface area contributed by atoms with Gasteiger partial charge in [-0.1, -0.05) is 19.4 Å². The van der Waals surface area contributed by atoms with Crippen LogP contribution in [-0.4, -0.2) is 30.6 Å². The van der Waals surface area contributed by atoms with E-state index in [9.17, 15) is 0 Å². The first-order chi connectivity index (χ1) is 10.8. The molecule has 0 saturated heterocycles. The van der Waals surface area contributed by atoms with Crippen molar-refractivity contribution in [3.8, 4) is 5.88 Å². The van der Waals surface area contributed by atoms with Crippen LogP contribution < -0.4 is 15.4 Å². The van der Waals surface area contributed by atoms with Gasteiger partial charge in [0.05, 0.1) is 0 Å². The van der Waals surface area contributed by atoms with Gasteiger partial charge in [-0.2, -0.15) is 0 Å². The number of guanidine groups is 1. The summed E-state index contributed by atoms with van der Waals surface area (Å²) >= 11 is 0. The van der Waals surface area contributed by atoms with Gasteiger partial charge in [-0.05, 0) is 37.7 Å². The largest absolute Gasteiger partial charge is 0.474 e. The fourth-order valence-electron chi connectivity index (χ4n) is 2.59. The molecule has 0 bridgehead atoms. The minimum Gasteiger partial charge on any atom is -0.474 e. The normalized spacial score (nSPS) is 16.4. The van der Waals surface area contributed by atoms with Gasteiger partial charge in [-0.25, -0.2) is 4.98 Å². The summed E-state index contributed by atoms with van der Waals surface area (Å²) in [5, 5.41) is 6.53. The standard InChI is InChI=1S/C17H28N4O/c1-3-11-19-17(18-2)21-13-14-9-10-16(20-12-14)22-15-7-5-4-6-8-15/h9-10,12,15H,3-8,11,13H2,1-2H3,(H2,18,19,21). The SMILES string of the molecule is CCCNC(=NC)NCc1ccc(OC2CCCCC2)nc1. The Morgan fingerprint density at radius 2 is 2.09 bits per heavy atom. The number of aliphatic imine (C=N–C) groups is 1. The molecule has 0 amide bonds. The highest BCUT2D eigenvalue weighted by atomic mass is 16.5. The molecule has 122 valence electrons. The van der Waals surface area contributed by atoms with Crippen LogP contribution >= 0.6 is 0 Å². The van der Waals surface area contributed by atoms with E-state index < -0.39 is 0 Å². The van der Waals surface area contributed by atoms with Crippen LogP contribution in [-0.2, 0) is 6.54 Å². The molecule has 2 N–H and O–H groups in total. The van der Waals surface area contributed by atoms with Crippen LogP contribution in [0.15, 0.2) is 23.3 Å². The van der Waals surface area contributed by atoms with Crippen molar-refractivity contribution in [3.05, 3.63) is 23.9 Å². The number of nitrogens with zero attached hydrogens (tertiary/aromatic N) is 2. The molecule has 1 aliphatic carbocycles. The van der Waals surface area contributed by atoms with Gasteiger partial charge in [0, 0.05) is 32.4 Å². The molecule has 0 atom stereocenters. The molecule has 5 nitrogen and oxygen atoms in total. The van der Waals surface area contributed by atoms with E-state index in [4.69, 9.17) is 4.74 Å². The van der Waals surface area contributed by atoms with Crippen molar-refractivity contribution in [2.75, 3.05) is 13.6 Å². The van der Waals surface area contributed by atoms with Crippen LogP contribution in [0.25, 0.3) is 0 Å². The maximum Gasteiger partial charge on any atom is 0.213 e. The van der Waals surface area contributed by atoms with Crippen LogP contribution in [0.2, 0.25) is 0 Å². The fraction of sp³-hybridized carbons (Fsp3) is 0.647. The minimum atomic E-state index is 0.349. The summed E-state index contributed by atoms with van der Waals surface area (Å²) in [5.41, 5.74) is 1.12. The first kappa shape index (κ1) is 16.6. The third kappa shape index (κ3) is 5.54. The van der Waals surface area contributed by atoms with Crippen molar-refractivity contribution >= 4 is 5.96 Å². The number of hydrogen-bond donors (Lipinski definition) is 2. The predicted octanol–water partition coefficient (Wildman–Crippen LogP) is 2.87. The van der Waals surface area contributed by atoms with Crippen LogP contribution in [0.5, 0.6) is 5.88 Å². The average Bonchev–Trinajstić information content (AvgIpc) is 2.57. The van der Waals surface area contributed by atoms with Gasteiger partial charge in [0.1, 0.15) is 6.10 Å². The fourth-order valence-corrected chi connectivity index (χ4v) is 2.59. The Morgan fingerprint density at radius 1 is 1.27 bits per heavy atom. The molecule has 0 aromatic carbocycles. The average molecular weight is 304 g/mol. The molecule has 1 aromatic rings. The highest BCUT2D eigenvalue weighted by Gasteiger charge is 2.15.